The molecule has 1 fully saturated rings. The van der Waals surface area contributed by atoms with Gasteiger partial charge in [0, 0.05) is 50.4 Å². The van der Waals surface area contributed by atoms with E-state index in [1.807, 2.05) is 0 Å². The second kappa shape index (κ2) is 8.97. The van der Waals surface area contributed by atoms with Crippen LogP contribution in [0, 0.1) is 24.5 Å². The number of nitrogens with zero attached hydrogens (tertiary/aromatic N) is 3. The van der Waals surface area contributed by atoms with Crippen molar-refractivity contribution in [3.05, 3.63) is 53.6 Å². The van der Waals surface area contributed by atoms with Crippen molar-refractivity contribution in [1.29, 1.82) is 0 Å². The smallest absolute Gasteiger partial charge is 0.270 e. The number of nitrogens with one attached hydrogen (secondary N) is 1. The van der Waals surface area contributed by atoms with Crippen LogP contribution in [0.15, 0.2) is 30.5 Å². The van der Waals surface area contributed by atoms with E-state index in [0.717, 1.165) is 6.07 Å². The molecule has 162 valence electrons. The van der Waals surface area contributed by atoms with Crippen LogP contribution in [0.3, 0.4) is 0 Å². The van der Waals surface area contributed by atoms with Gasteiger partial charge in [-0.1, -0.05) is 0 Å². The molecule has 1 aromatic carbocycles. The van der Waals surface area contributed by atoms with Gasteiger partial charge in [0.1, 0.15) is 23.2 Å². The Morgan fingerprint density at radius 1 is 1.23 bits per heavy atom. The number of alkyl halides is 2. The van der Waals surface area contributed by atoms with Gasteiger partial charge >= 0.3 is 0 Å². The summed E-state index contributed by atoms with van der Waals surface area (Å²) in [6.07, 6.45) is 1.54. The first kappa shape index (κ1) is 22.0. The minimum atomic E-state index is -2.90. The van der Waals surface area contributed by atoms with E-state index in [1.54, 1.807) is 18.9 Å². The number of anilines is 1. The Morgan fingerprint density at radius 2 is 1.93 bits per heavy atom. The fourth-order valence-corrected chi connectivity index (χ4v) is 3.87. The summed E-state index contributed by atoms with van der Waals surface area (Å²) in [5.41, 5.74) is 0.486. The van der Waals surface area contributed by atoms with Gasteiger partial charge in [0.05, 0.1) is 0 Å². The van der Waals surface area contributed by atoms with Crippen LogP contribution < -0.4 is 10.2 Å². The summed E-state index contributed by atoms with van der Waals surface area (Å²) in [5.74, 6) is -4.70. The summed E-state index contributed by atoms with van der Waals surface area (Å²) >= 11 is 0. The number of benzene rings is 1. The highest BCUT2D eigenvalue weighted by atomic mass is 19.3. The Morgan fingerprint density at radius 3 is 2.60 bits per heavy atom. The average molecular weight is 424 g/mol. The molecule has 0 aliphatic heterocycles. The molecule has 1 amide bonds. The molecule has 1 aliphatic carbocycles. The third-order valence-corrected chi connectivity index (χ3v) is 5.25. The van der Waals surface area contributed by atoms with Gasteiger partial charge in [0.2, 0.25) is 5.92 Å². The standard InChI is InChI=1S/C21H24F4N4O/c1-13-26-5-3-19(27-13)20(30)28-17-7-14(11-21(24,25)12-17)4-6-29(2)18-9-15(22)8-16(23)10-18/h3,5,8-10,14,17H,4,6-7,11-12H2,1-2H3,(H,28,30)/t14?,17-/m0/s1. The molecule has 5 nitrogen and oxygen atoms in total. The Labute approximate surface area is 172 Å². The number of halogens is 4. The molecule has 30 heavy (non-hydrogen) atoms. The largest absolute Gasteiger partial charge is 0.374 e. The number of carbonyl (C=O) groups is 1. The summed E-state index contributed by atoms with van der Waals surface area (Å²) in [6, 6.07) is 3.94. The zero-order chi connectivity index (χ0) is 21.9. The van der Waals surface area contributed by atoms with E-state index >= 15 is 0 Å². The van der Waals surface area contributed by atoms with Gasteiger partial charge in [-0.25, -0.2) is 27.5 Å². The molecule has 0 radical (unpaired) electrons. The van der Waals surface area contributed by atoms with Gasteiger partial charge in [0.15, 0.2) is 0 Å². The topological polar surface area (TPSA) is 58.1 Å². The van der Waals surface area contributed by atoms with Crippen molar-refractivity contribution in [2.45, 2.75) is 44.6 Å². The lowest BCUT2D eigenvalue weighted by Crippen LogP contribution is -2.45. The monoisotopic (exact) mass is 424 g/mol. The van der Waals surface area contributed by atoms with Crippen LogP contribution in [-0.4, -0.2) is 41.4 Å². The zero-order valence-corrected chi connectivity index (χ0v) is 16.8. The number of amides is 1. The zero-order valence-electron chi connectivity index (χ0n) is 16.8. The molecule has 1 heterocycles. The highest BCUT2D eigenvalue weighted by molar-refractivity contribution is 5.92. The number of carbonyl (C=O) groups excluding carboxylic acids is 1. The first-order valence-corrected chi connectivity index (χ1v) is 9.77. The molecule has 2 atom stereocenters. The van der Waals surface area contributed by atoms with E-state index < -0.39 is 35.9 Å². The quantitative estimate of drug-likeness (QED) is 0.709. The maximum atomic E-state index is 14.3. The molecule has 3 rings (SSSR count). The highest BCUT2D eigenvalue weighted by Gasteiger charge is 2.41. The summed E-state index contributed by atoms with van der Waals surface area (Å²) in [5, 5.41) is 2.66. The third-order valence-electron chi connectivity index (χ3n) is 5.25. The van der Waals surface area contributed by atoms with E-state index in [2.05, 4.69) is 15.3 Å². The normalized spacial score (nSPS) is 20.6. The van der Waals surface area contributed by atoms with Gasteiger partial charge in [-0.2, -0.15) is 0 Å². The maximum absolute atomic E-state index is 14.3. The number of hydrogen-bond acceptors (Lipinski definition) is 4. The van der Waals surface area contributed by atoms with E-state index in [4.69, 9.17) is 0 Å². The number of hydrogen-bond donors (Lipinski definition) is 1. The van der Waals surface area contributed by atoms with Gasteiger partial charge < -0.3 is 10.2 Å². The maximum Gasteiger partial charge on any atom is 0.270 e. The van der Waals surface area contributed by atoms with Gasteiger partial charge in [-0.05, 0) is 43.9 Å². The predicted octanol–water partition coefficient (Wildman–Crippen LogP) is 4.12. The van der Waals surface area contributed by atoms with Gasteiger partial charge in [0.25, 0.3) is 5.91 Å². The van der Waals surface area contributed by atoms with Crippen molar-refractivity contribution in [3.8, 4) is 0 Å². The molecule has 1 aromatic heterocycles. The first-order chi connectivity index (χ1) is 14.1. The van der Waals surface area contributed by atoms with Crippen LogP contribution in [0.25, 0.3) is 0 Å². The highest BCUT2D eigenvalue weighted by Crippen LogP contribution is 2.38. The van der Waals surface area contributed by atoms with Crippen LogP contribution in [0.2, 0.25) is 0 Å². The second-order valence-electron chi connectivity index (χ2n) is 7.86. The molecular weight excluding hydrogens is 400 g/mol. The predicted molar refractivity (Wildman–Crippen MR) is 105 cm³/mol. The van der Waals surface area contributed by atoms with E-state index in [-0.39, 0.29) is 18.0 Å². The van der Waals surface area contributed by atoms with Crippen LogP contribution in [0.4, 0.5) is 23.2 Å². The molecule has 1 N–H and O–H groups in total. The van der Waals surface area contributed by atoms with Crippen molar-refractivity contribution in [3.63, 3.8) is 0 Å². The molecule has 1 unspecified atom stereocenters. The van der Waals surface area contributed by atoms with Crippen molar-refractivity contribution >= 4 is 11.6 Å². The molecule has 0 saturated heterocycles. The third kappa shape index (κ3) is 5.90. The molecule has 0 spiro atoms. The van der Waals surface area contributed by atoms with Crippen LogP contribution >= 0.6 is 0 Å². The van der Waals surface area contributed by atoms with Crippen LogP contribution in [-0.2, 0) is 0 Å². The lowest BCUT2D eigenvalue weighted by Gasteiger charge is -2.36. The lowest BCUT2D eigenvalue weighted by molar-refractivity contribution is -0.0628. The molecule has 9 heteroatoms. The molecular formula is C21H24F4N4O. The Balaban J connectivity index is 1.60. The van der Waals surface area contributed by atoms with Crippen molar-refractivity contribution in [1.82, 2.24) is 15.3 Å². The van der Waals surface area contributed by atoms with Crippen LogP contribution in [0.1, 0.15) is 42.0 Å². The van der Waals surface area contributed by atoms with Crippen molar-refractivity contribution in [2.75, 3.05) is 18.5 Å². The number of aryl methyl sites for hydroxylation is 1. The van der Waals surface area contributed by atoms with Crippen molar-refractivity contribution < 1.29 is 22.4 Å². The second-order valence-corrected chi connectivity index (χ2v) is 7.86. The molecule has 0 bridgehead atoms. The molecule has 1 aliphatic rings. The van der Waals surface area contributed by atoms with Crippen LogP contribution in [0.5, 0.6) is 0 Å². The Kier molecular flexibility index (Phi) is 6.58. The Bertz CT molecular complexity index is 888. The average Bonchev–Trinajstić information content (AvgIpc) is 2.64. The number of rotatable bonds is 6. The van der Waals surface area contributed by atoms with E-state index in [0.29, 0.717) is 30.9 Å². The van der Waals surface area contributed by atoms with E-state index in [1.165, 1.54) is 24.4 Å². The molecule has 2 aromatic rings. The minimum Gasteiger partial charge on any atom is -0.374 e. The Hall–Kier alpha value is -2.71. The van der Waals surface area contributed by atoms with E-state index in [9.17, 15) is 22.4 Å². The van der Waals surface area contributed by atoms with Crippen molar-refractivity contribution in [2.24, 2.45) is 5.92 Å². The summed E-state index contributed by atoms with van der Waals surface area (Å²) in [7, 11) is 1.66. The summed E-state index contributed by atoms with van der Waals surface area (Å²) in [6.45, 7) is 2.00. The minimum absolute atomic E-state index is 0.140. The fraction of sp³-hybridized carbons (Fsp3) is 0.476. The van der Waals surface area contributed by atoms with Gasteiger partial charge in [-0.3, -0.25) is 4.79 Å². The summed E-state index contributed by atoms with van der Waals surface area (Å²) < 4.78 is 55.4. The fourth-order valence-electron chi connectivity index (χ4n) is 3.87. The molecule has 1 saturated carbocycles. The number of aromatic nitrogens is 2. The SMILES string of the molecule is Cc1nccc(C(=O)N[C@H]2CC(CCN(C)c3cc(F)cc(F)c3)CC(F)(F)C2)n1. The van der Waals surface area contributed by atoms with Gasteiger partial charge in [-0.15, -0.1) is 0 Å². The lowest BCUT2D eigenvalue weighted by atomic mass is 9.81. The summed E-state index contributed by atoms with van der Waals surface area (Å²) in [4.78, 5) is 21.9. The first-order valence-electron chi connectivity index (χ1n) is 9.77.